The van der Waals surface area contributed by atoms with Gasteiger partial charge >= 0.3 is 0 Å². The lowest BCUT2D eigenvalue weighted by atomic mass is 9.85. The first kappa shape index (κ1) is 11.5. The Morgan fingerprint density at radius 2 is 1.65 bits per heavy atom. The summed E-state index contributed by atoms with van der Waals surface area (Å²) >= 11 is 1.86. The Bertz CT molecular complexity index is 417. The standard InChI is InChI=1S/C13H14F2OS/c14-10-2-1-3-11(15)12(10)13(16)6-8-4-5-9(7-13)17-8/h1-3,8-9,16H,4-7H2. The predicted octanol–water partition coefficient (Wildman–Crippen LogP) is 3.21. The smallest absolute Gasteiger partial charge is 0.132 e. The number of hydrogen-bond donors (Lipinski definition) is 1. The molecule has 0 spiro atoms. The minimum Gasteiger partial charge on any atom is -0.385 e. The minimum absolute atomic E-state index is 0.128. The summed E-state index contributed by atoms with van der Waals surface area (Å²) in [6.07, 6.45) is 3.03. The lowest BCUT2D eigenvalue weighted by molar-refractivity contribution is 0.0126. The monoisotopic (exact) mass is 256 g/mol. The normalized spacial score (nSPS) is 36.2. The van der Waals surface area contributed by atoms with Crippen molar-refractivity contribution >= 4 is 11.8 Å². The van der Waals surface area contributed by atoms with Gasteiger partial charge < -0.3 is 5.11 Å². The number of fused-ring (bicyclic) bond motifs is 2. The molecule has 3 rings (SSSR count). The van der Waals surface area contributed by atoms with E-state index in [4.69, 9.17) is 0 Å². The molecule has 92 valence electrons. The van der Waals surface area contributed by atoms with Crippen LogP contribution in [0.5, 0.6) is 0 Å². The molecular weight excluding hydrogens is 242 g/mol. The van der Waals surface area contributed by atoms with Crippen LogP contribution < -0.4 is 0 Å². The molecule has 1 N–H and O–H groups in total. The van der Waals surface area contributed by atoms with Gasteiger partial charge in [0.1, 0.15) is 11.6 Å². The van der Waals surface area contributed by atoms with Crippen molar-refractivity contribution in [3.8, 4) is 0 Å². The van der Waals surface area contributed by atoms with Gasteiger partial charge in [-0.3, -0.25) is 0 Å². The van der Waals surface area contributed by atoms with E-state index in [1.54, 1.807) is 0 Å². The van der Waals surface area contributed by atoms with E-state index >= 15 is 0 Å². The van der Waals surface area contributed by atoms with Gasteiger partial charge in [-0.1, -0.05) is 6.07 Å². The molecule has 2 saturated heterocycles. The van der Waals surface area contributed by atoms with Crippen LogP contribution in [0.15, 0.2) is 18.2 Å². The Labute approximate surface area is 103 Å². The fourth-order valence-electron chi connectivity index (χ4n) is 3.06. The zero-order chi connectivity index (χ0) is 12.0. The molecule has 2 fully saturated rings. The van der Waals surface area contributed by atoms with E-state index in [2.05, 4.69) is 0 Å². The predicted molar refractivity (Wildman–Crippen MR) is 63.9 cm³/mol. The van der Waals surface area contributed by atoms with Crippen LogP contribution in [-0.2, 0) is 5.60 Å². The van der Waals surface area contributed by atoms with Crippen LogP contribution in [0.3, 0.4) is 0 Å². The van der Waals surface area contributed by atoms with E-state index in [1.165, 1.54) is 18.2 Å². The second-order valence-corrected chi connectivity index (χ2v) is 6.60. The first-order chi connectivity index (χ1) is 8.08. The molecule has 2 bridgehead atoms. The van der Waals surface area contributed by atoms with Crippen molar-refractivity contribution in [1.29, 1.82) is 0 Å². The van der Waals surface area contributed by atoms with Crippen molar-refractivity contribution in [2.45, 2.75) is 41.8 Å². The molecular formula is C13H14F2OS. The molecule has 0 aliphatic carbocycles. The number of hydrogen-bond acceptors (Lipinski definition) is 2. The third kappa shape index (κ3) is 1.87. The summed E-state index contributed by atoms with van der Waals surface area (Å²) in [5.74, 6) is -1.25. The fraction of sp³-hybridized carbons (Fsp3) is 0.538. The average molecular weight is 256 g/mol. The molecule has 17 heavy (non-hydrogen) atoms. The number of rotatable bonds is 1. The van der Waals surface area contributed by atoms with E-state index in [-0.39, 0.29) is 5.56 Å². The summed E-state index contributed by atoms with van der Waals surface area (Å²) in [7, 11) is 0. The van der Waals surface area contributed by atoms with Crippen LogP contribution in [-0.4, -0.2) is 15.6 Å². The Morgan fingerprint density at radius 3 is 2.18 bits per heavy atom. The molecule has 1 aromatic rings. The van der Waals surface area contributed by atoms with Gasteiger partial charge in [-0.15, -0.1) is 0 Å². The Morgan fingerprint density at radius 1 is 1.12 bits per heavy atom. The molecule has 0 amide bonds. The number of aliphatic hydroxyl groups is 1. The second kappa shape index (κ2) is 3.95. The highest BCUT2D eigenvalue weighted by molar-refractivity contribution is 8.00. The maximum Gasteiger partial charge on any atom is 0.132 e. The fourth-order valence-corrected chi connectivity index (χ4v) is 4.90. The summed E-state index contributed by atoms with van der Waals surface area (Å²) < 4.78 is 27.5. The molecule has 1 aromatic carbocycles. The van der Waals surface area contributed by atoms with Gasteiger partial charge in [-0.25, -0.2) is 8.78 Å². The van der Waals surface area contributed by atoms with Crippen molar-refractivity contribution in [3.05, 3.63) is 35.4 Å². The van der Waals surface area contributed by atoms with Gasteiger partial charge in [-0.05, 0) is 37.8 Å². The van der Waals surface area contributed by atoms with Crippen LogP contribution >= 0.6 is 11.8 Å². The van der Waals surface area contributed by atoms with Gasteiger partial charge in [0.25, 0.3) is 0 Å². The summed E-state index contributed by atoms with van der Waals surface area (Å²) in [4.78, 5) is 0. The van der Waals surface area contributed by atoms with Gasteiger partial charge in [-0.2, -0.15) is 11.8 Å². The molecule has 0 aromatic heterocycles. The third-order valence-electron chi connectivity index (χ3n) is 3.75. The molecule has 4 heteroatoms. The Kier molecular flexibility index (Phi) is 2.67. The summed E-state index contributed by atoms with van der Waals surface area (Å²) in [5, 5.41) is 11.3. The van der Waals surface area contributed by atoms with Gasteiger partial charge in [0.2, 0.25) is 0 Å². The Hall–Kier alpha value is -0.610. The molecule has 0 radical (unpaired) electrons. The first-order valence-corrected chi connectivity index (χ1v) is 6.85. The lowest BCUT2D eigenvalue weighted by Gasteiger charge is -2.36. The summed E-state index contributed by atoms with van der Waals surface area (Å²) in [6.45, 7) is 0. The molecule has 0 saturated carbocycles. The summed E-state index contributed by atoms with van der Waals surface area (Å²) in [6, 6.07) is 3.78. The van der Waals surface area contributed by atoms with Crippen molar-refractivity contribution < 1.29 is 13.9 Å². The number of halogens is 2. The van der Waals surface area contributed by atoms with Crippen molar-refractivity contribution in [2.75, 3.05) is 0 Å². The molecule has 1 nitrogen and oxygen atoms in total. The number of benzene rings is 1. The van der Waals surface area contributed by atoms with E-state index in [0.717, 1.165) is 12.8 Å². The first-order valence-electron chi connectivity index (χ1n) is 5.91. The second-order valence-electron chi connectivity index (χ2n) is 4.99. The topological polar surface area (TPSA) is 20.2 Å². The maximum absolute atomic E-state index is 13.7. The highest BCUT2D eigenvalue weighted by Crippen LogP contribution is 2.51. The highest BCUT2D eigenvalue weighted by Gasteiger charge is 2.46. The SMILES string of the molecule is OC1(c2c(F)cccc2F)CC2CCC(C1)S2. The average Bonchev–Trinajstić information content (AvgIpc) is 2.58. The number of thioether (sulfide) groups is 1. The van der Waals surface area contributed by atoms with Crippen LogP contribution in [0.4, 0.5) is 8.78 Å². The quantitative estimate of drug-likeness (QED) is 0.832. The van der Waals surface area contributed by atoms with Gasteiger partial charge in [0.15, 0.2) is 0 Å². The molecule has 2 unspecified atom stereocenters. The summed E-state index contributed by atoms with van der Waals surface area (Å²) in [5.41, 5.74) is -1.44. The zero-order valence-corrected chi connectivity index (χ0v) is 10.1. The van der Waals surface area contributed by atoms with Gasteiger partial charge in [0.05, 0.1) is 11.2 Å². The molecule has 2 heterocycles. The lowest BCUT2D eigenvalue weighted by Crippen LogP contribution is -2.36. The highest BCUT2D eigenvalue weighted by atomic mass is 32.2. The van der Waals surface area contributed by atoms with E-state index in [0.29, 0.717) is 23.3 Å². The van der Waals surface area contributed by atoms with Crippen molar-refractivity contribution in [1.82, 2.24) is 0 Å². The van der Waals surface area contributed by atoms with Gasteiger partial charge in [0, 0.05) is 10.5 Å². The van der Waals surface area contributed by atoms with Crippen LogP contribution in [0, 0.1) is 11.6 Å². The molecule has 2 atom stereocenters. The maximum atomic E-state index is 13.7. The van der Waals surface area contributed by atoms with E-state index in [9.17, 15) is 13.9 Å². The van der Waals surface area contributed by atoms with Crippen LogP contribution in [0.2, 0.25) is 0 Å². The van der Waals surface area contributed by atoms with E-state index < -0.39 is 17.2 Å². The zero-order valence-electron chi connectivity index (χ0n) is 9.33. The van der Waals surface area contributed by atoms with Crippen molar-refractivity contribution in [3.63, 3.8) is 0 Å². The largest absolute Gasteiger partial charge is 0.385 e. The third-order valence-corrected chi connectivity index (χ3v) is 5.33. The molecule has 2 aliphatic rings. The Balaban J connectivity index is 2.02. The van der Waals surface area contributed by atoms with Crippen molar-refractivity contribution in [2.24, 2.45) is 0 Å². The van der Waals surface area contributed by atoms with Crippen LogP contribution in [0.25, 0.3) is 0 Å². The van der Waals surface area contributed by atoms with E-state index in [1.807, 2.05) is 11.8 Å². The molecule has 2 aliphatic heterocycles. The minimum atomic E-state index is -1.31. The van der Waals surface area contributed by atoms with Crippen LogP contribution in [0.1, 0.15) is 31.2 Å².